The van der Waals surface area contributed by atoms with Crippen molar-refractivity contribution in [2.45, 2.75) is 0 Å². The minimum Gasteiger partial charge on any atom is -0.872 e. The SMILES string of the molecule is COc1ccc([O-])c(C=Nc2ccccc2N=Cc2cc(OC)ccc2[O-])c1.O.[Cu+2]. The molecule has 30 heavy (non-hydrogen) atoms. The number of hydrogen-bond donors (Lipinski definition) is 0. The van der Waals surface area contributed by atoms with Crippen LogP contribution in [0.4, 0.5) is 11.4 Å². The van der Waals surface area contributed by atoms with E-state index in [9.17, 15) is 10.2 Å². The van der Waals surface area contributed by atoms with Gasteiger partial charge in [-0.15, -0.1) is 0 Å². The van der Waals surface area contributed by atoms with Crippen LogP contribution in [0.15, 0.2) is 70.6 Å². The summed E-state index contributed by atoms with van der Waals surface area (Å²) in [6.45, 7) is 0. The maximum absolute atomic E-state index is 12.0. The number of ether oxygens (including phenoxy) is 2. The summed E-state index contributed by atoms with van der Waals surface area (Å²) in [7, 11) is 3.07. The van der Waals surface area contributed by atoms with E-state index < -0.39 is 0 Å². The van der Waals surface area contributed by atoms with Crippen molar-refractivity contribution in [3.63, 3.8) is 0 Å². The number of hydrogen-bond acceptors (Lipinski definition) is 6. The molecule has 159 valence electrons. The topological polar surface area (TPSA) is 121 Å². The Morgan fingerprint density at radius 3 is 1.47 bits per heavy atom. The van der Waals surface area contributed by atoms with Gasteiger partial charge in [0.15, 0.2) is 0 Å². The van der Waals surface area contributed by atoms with E-state index in [1.807, 2.05) is 12.1 Å². The second-order valence-electron chi connectivity index (χ2n) is 5.81. The molecule has 3 aromatic carbocycles. The van der Waals surface area contributed by atoms with Crippen LogP contribution < -0.4 is 19.7 Å². The summed E-state index contributed by atoms with van der Waals surface area (Å²) in [5.41, 5.74) is 1.95. The van der Waals surface area contributed by atoms with Gasteiger partial charge in [0, 0.05) is 12.4 Å². The average molecular weight is 456 g/mol. The zero-order valence-electron chi connectivity index (χ0n) is 16.3. The van der Waals surface area contributed by atoms with E-state index in [2.05, 4.69) is 9.98 Å². The van der Waals surface area contributed by atoms with E-state index in [4.69, 9.17) is 9.47 Å². The van der Waals surface area contributed by atoms with Crippen molar-refractivity contribution < 1.29 is 42.2 Å². The van der Waals surface area contributed by atoms with Gasteiger partial charge >= 0.3 is 17.1 Å². The Hall–Kier alpha value is -3.32. The third kappa shape index (κ3) is 6.09. The third-order valence-corrected chi connectivity index (χ3v) is 4.00. The van der Waals surface area contributed by atoms with Gasteiger partial charge in [-0.1, -0.05) is 35.8 Å². The van der Waals surface area contributed by atoms with Gasteiger partial charge in [-0.05, 0) is 47.5 Å². The molecular weight excluding hydrogens is 436 g/mol. The van der Waals surface area contributed by atoms with Gasteiger partial charge < -0.3 is 25.2 Å². The van der Waals surface area contributed by atoms with Crippen molar-refractivity contribution in [2.24, 2.45) is 9.98 Å². The molecule has 0 atom stereocenters. The van der Waals surface area contributed by atoms with Gasteiger partial charge in [-0.25, -0.2) is 0 Å². The molecule has 7 nitrogen and oxygen atoms in total. The van der Waals surface area contributed by atoms with Gasteiger partial charge in [0.1, 0.15) is 11.5 Å². The fourth-order valence-electron chi connectivity index (χ4n) is 2.47. The average Bonchev–Trinajstić information content (AvgIpc) is 2.73. The minimum absolute atomic E-state index is 0. The quantitative estimate of drug-likeness (QED) is 0.418. The third-order valence-electron chi connectivity index (χ3n) is 4.00. The molecule has 0 bridgehead atoms. The number of nitrogens with zero attached hydrogens (tertiary/aromatic N) is 2. The first-order chi connectivity index (χ1) is 13.6. The second-order valence-corrected chi connectivity index (χ2v) is 5.81. The molecule has 0 aromatic heterocycles. The van der Waals surface area contributed by atoms with Gasteiger partial charge in [0.2, 0.25) is 0 Å². The molecule has 0 aliphatic carbocycles. The van der Waals surface area contributed by atoms with Crippen LogP contribution >= 0.6 is 0 Å². The van der Waals surface area contributed by atoms with Gasteiger partial charge in [0.25, 0.3) is 0 Å². The summed E-state index contributed by atoms with van der Waals surface area (Å²) in [6.07, 6.45) is 2.95. The predicted molar refractivity (Wildman–Crippen MR) is 109 cm³/mol. The standard InChI is InChI=1S/C22H20N2O4.Cu.H2O/c1-27-17-7-9-21(25)15(11-17)13-23-19-5-3-4-6-20(19)24-14-16-12-18(28-2)8-10-22(16)26;;/h3-14,25-26H,1-2H3;;1H2/q;+2;/p-2. The molecule has 0 heterocycles. The second kappa shape index (κ2) is 11.6. The molecule has 0 saturated heterocycles. The smallest absolute Gasteiger partial charge is 0.872 e. The molecule has 0 saturated carbocycles. The summed E-state index contributed by atoms with van der Waals surface area (Å²) in [4.78, 5) is 8.77. The molecule has 2 N–H and O–H groups in total. The predicted octanol–water partition coefficient (Wildman–Crippen LogP) is 2.53. The monoisotopic (exact) mass is 455 g/mol. The van der Waals surface area contributed by atoms with Gasteiger partial charge in [-0.3, -0.25) is 9.98 Å². The van der Waals surface area contributed by atoms with Crippen molar-refractivity contribution in [3.8, 4) is 23.0 Å². The fourth-order valence-corrected chi connectivity index (χ4v) is 2.47. The first-order valence-corrected chi connectivity index (χ1v) is 8.48. The van der Waals surface area contributed by atoms with E-state index in [1.165, 1.54) is 38.8 Å². The molecule has 0 aliphatic rings. The fraction of sp³-hybridized carbons (Fsp3) is 0.0909. The van der Waals surface area contributed by atoms with Crippen LogP contribution in [-0.2, 0) is 17.1 Å². The molecular formula is C22H20CuN2O5. The number of rotatable bonds is 6. The molecule has 3 rings (SSSR count). The van der Waals surface area contributed by atoms with E-state index >= 15 is 0 Å². The first-order valence-electron chi connectivity index (χ1n) is 8.48. The van der Waals surface area contributed by atoms with Crippen molar-refractivity contribution in [1.29, 1.82) is 0 Å². The minimum atomic E-state index is -0.155. The summed E-state index contributed by atoms with van der Waals surface area (Å²) in [6, 6.07) is 16.5. The Kier molecular flexibility index (Phi) is 9.58. The van der Waals surface area contributed by atoms with Crippen molar-refractivity contribution in [2.75, 3.05) is 14.2 Å². The zero-order chi connectivity index (χ0) is 19.9. The van der Waals surface area contributed by atoms with Crippen molar-refractivity contribution in [3.05, 3.63) is 71.8 Å². The van der Waals surface area contributed by atoms with Crippen molar-refractivity contribution >= 4 is 23.8 Å². The van der Waals surface area contributed by atoms with Crippen LogP contribution in [0.25, 0.3) is 0 Å². The van der Waals surface area contributed by atoms with E-state index in [0.717, 1.165) is 0 Å². The van der Waals surface area contributed by atoms with Crippen LogP contribution in [-0.4, -0.2) is 32.1 Å². The first kappa shape index (κ1) is 24.7. The molecule has 8 heteroatoms. The van der Waals surface area contributed by atoms with E-state index in [-0.39, 0.29) is 34.0 Å². The molecule has 3 aromatic rings. The summed E-state index contributed by atoms with van der Waals surface area (Å²) in [5, 5.41) is 24.0. The Labute approximate surface area is 185 Å². The molecule has 0 amide bonds. The molecule has 0 spiro atoms. The summed E-state index contributed by atoms with van der Waals surface area (Å²) >= 11 is 0. The Morgan fingerprint density at radius 2 is 1.10 bits per heavy atom. The van der Waals surface area contributed by atoms with Gasteiger partial charge in [-0.2, -0.15) is 0 Å². The van der Waals surface area contributed by atoms with Crippen LogP contribution in [0.1, 0.15) is 11.1 Å². The maximum atomic E-state index is 12.0. The number of methoxy groups -OCH3 is 2. The van der Waals surface area contributed by atoms with Gasteiger partial charge in [0.05, 0.1) is 25.6 Å². The normalized spacial score (nSPS) is 10.5. The summed E-state index contributed by atoms with van der Waals surface area (Å²) < 4.78 is 10.3. The zero-order valence-corrected chi connectivity index (χ0v) is 17.2. The number of para-hydroxylation sites is 2. The largest absolute Gasteiger partial charge is 2.00 e. The molecule has 0 aliphatic heterocycles. The maximum Gasteiger partial charge on any atom is 2.00 e. The van der Waals surface area contributed by atoms with Crippen LogP contribution in [0.2, 0.25) is 0 Å². The Bertz CT molecular complexity index is 955. The number of aliphatic imine (C=N–C) groups is 2. The van der Waals surface area contributed by atoms with Crippen LogP contribution in [0.3, 0.4) is 0 Å². The summed E-state index contributed by atoms with van der Waals surface area (Å²) in [5.74, 6) is 0.845. The Balaban J connectivity index is 0.00000225. The van der Waals surface area contributed by atoms with Crippen LogP contribution in [0, 0.1) is 0 Å². The molecule has 1 radical (unpaired) electrons. The Morgan fingerprint density at radius 1 is 0.700 bits per heavy atom. The van der Waals surface area contributed by atoms with Crippen LogP contribution in [0.5, 0.6) is 23.0 Å². The van der Waals surface area contributed by atoms with E-state index in [1.54, 1.807) is 36.4 Å². The van der Waals surface area contributed by atoms with Crippen molar-refractivity contribution in [1.82, 2.24) is 0 Å². The van der Waals surface area contributed by atoms with E-state index in [0.29, 0.717) is 34.0 Å². The number of benzene rings is 3. The molecule has 0 unspecified atom stereocenters. The molecule has 0 fully saturated rings.